The van der Waals surface area contributed by atoms with Gasteiger partial charge in [-0.15, -0.1) is 0 Å². The summed E-state index contributed by atoms with van der Waals surface area (Å²) in [6.45, 7) is 3.69. The highest BCUT2D eigenvalue weighted by atomic mass is 32.2. The molecule has 0 radical (unpaired) electrons. The summed E-state index contributed by atoms with van der Waals surface area (Å²) in [6.07, 6.45) is 1.61. The molecule has 0 aliphatic heterocycles. The first-order valence-electron chi connectivity index (χ1n) is 6.19. The van der Waals surface area contributed by atoms with Crippen molar-refractivity contribution in [2.45, 2.75) is 24.8 Å². The number of aromatic nitrogens is 1. The van der Waals surface area contributed by atoms with E-state index in [0.29, 0.717) is 5.82 Å². The molecule has 2 aromatic rings. The Morgan fingerprint density at radius 2 is 2.00 bits per heavy atom. The fraction of sp³-hybridized carbons (Fsp3) is 0.214. The van der Waals surface area contributed by atoms with Crippen LogP contribution >= 0.6 is 0 Å². The Hall–Kier alpha value is -1.92. The topological polar surface area (TPSA) is 85.1 Å². The second-order valence-corrected chi connectivity index (χ2v) is 6.37. The van der Waals surface area contributed by atoms with Gasteiger partial charge in [0.2, 0.25) is 0 Å². The number of nitrogens with zero attached hydrogens (tertiary/aromatic N) is 1. The van der Waals surface area contributed by atoms with Gasteiger partial charge >= 0.3 is 0 Å². The van der Waals surface area contributed by atoms with Gasteiger partial charge in [-0.3, -0.25) is 4.72 Å². The van der Waals surface area contributed by atoms with Crippen LogP contribution in [0.5, 0.6) is 0 Å². The van der Waals surface area contributed by atoms with Crippen LogP contribution in [0.4, 0.5) is 5.82 Å². The zero-order valence-electron chi connectivity index (χ0n) is 11.4. The summed E-state index contributed by atoms with van der Waals surface area (Å²) in [5, 5.41) is 0. The van der Waals surface area contributed by atoms with Crippen LogP contribution in [0, 0.1) is 6.92 Å². The molecule has 106 valence electrons. The summed E-state index contributed by atoms with van der Waals surface area (Å²) >= 11 is 0. The summed E-state index contributed by atoms with van der Waals surface area (Å²) in [5.74, 6) is 0.293. The van der Waals surface area contributed by atoms with Gasteiger partial charge in [0.05, 0.1) is 4.90 Å². The van der Waals surface area contributed by atoms with Gasteiger partial charge in [0, 0.05) is 12.2 Å². The highest BCUT2D eigenvalue weighted by molar-refractivity contribution is 7.92. The summed E-state index contributed by atoms with van der Waals surface area (Å²) < 4.78 is 27.0. The van der Waals surface area contributed by atoms with Crippen molar-refractivity contribution in [2.24, 2.45) is 5.73 Å². The number of aryl methyl sites for hydroxylation is 1. The number of sulfonamides is 1. The lowest BCUT2D eigenvalue weighted by Crippen LogP contribution is -2.15. The first-order valence-corrected chi connectivity index (χ1v) is 7.68. The number of pyridine rings is 1. The van der Waals surface area contributed by atoms with Crippen molar-refractivity contribution in [1.29, 1.82) is 0 Å². The molecular formula is C14H17N3O2S. The molecule has 0 saturated heterocycles. The number of hydrogen-bond donors (Lipinski definition) is 2. The summed E-state index contributed by atoms with van der Waals surface area (Å²) in [7, 11) is -3.65. The van der Waals surface area contributed by atoms with Crippen molar-refractivity contribution in [3.8, 4) is 0 Å². The molecule has 0 aliphatic rings. The van der Waals surface area contributed by atoms with E-state index in [4.69, 9.17) is 5.73 Å². The normalized spacial score (nSPS) is 12.9. The lowest BCUT2D eigenvalue weighted by atomic mass is 10.1. The van der Waals surface area contributed by atoms with Crippen LogP contribution in [0.2, 0.25) is 0 Å². The lowest BCUT2D eigenvalue weighted by molar-refractivity contribution is 0.600. The predicted octanol–water partition coefficient (Wildman–Crippen LogP) is 2.21. The summed E-state index contributed by atoms with van der Waals surface area (Å²) in [6, 6.07) is 9.78. The molecule has 0 aliphatic carbocycles. The Labute approximate surface area is 118 Å². The van der Waals surface area contributed by atoms with E-state index in [2.05, 4.69) is 9.71 Å². The molecule has 20 heavy (non-hydrogen) atoms. The van der Waals surface area contributed by atoms with Gasteiger partial charge in [-0.05, 0) is 43.2 Å². The van der Waals surface area contributed by atoms with Gasteiger partial charge < -0.3 is 5.73 Å². The predicted molar refractivity (Wildman–Crippen MR) is 78.8 cm³/mol. The number of nitrogens with one attached hydrogen (secondary N) is 1. The maximum atomic E-state index is 12.3. The summed E-state index contributed by atoms with van der Waals surface area (Å²) in [4.78, 5) is 4.21. The van der Waals surface area contributed by atoms with E-state index < -0.39 is 10.0 Å². The van der Waals surface area contributed by atoms with Crippen LogP contribution in [-0.4, -0.2) is 13.4 Å². The first-order chi connectivity index (χ1) is 9.38. The molecule has 0 bridgehead atoms. The van der Waals surface area contributed by atoms with E-state index in [1.54, 1.807) is 43.5 Å². The van der Waals surface area contributed by atoms with Crippen molar-refractivity contribution in [3.05, 3.63) is 53.7 Å². The van der Waals surface area contributed by atoms with E-state index in [1.807, 2.05) is 6.92 Å². The zero-order valence-corrected chi connectivity index (χ0v) is 12.2. The number of benzene rings is 1. The molecule has 1 atom stereocenters. The molecule has 1 aromatic carbocycles. The molecule has 6 heteroatoms. The molecule has 5 nitrogen and oxygen atoms in total. The van der Waals surface area contributed by atoms with Gasteiger partial charge in [-0.1, -0.05) is 18.2 Å². The number of nitrogens with two attached hydrogens (primary N) is 1. The first kappa shape index (κ1) is 14.5. The quantitative estimate of drug-likeness (QED) is 0.904. The monoisotopic (exact) mass is 291 g/mol. The van der Waals surface area contributed by atoms with Crippen LogP contribution in [0.1, 0.15) is 24.1 Å². The minimum atomic E-state index is -3.65. The average molecular weight is 291 g/mol. The molecule has 0 saturated carbocycles. The van der Waals surface area contributed by atoms with Crippen molar-refractivity contribution >= 4 is 15.8 Å². The standard InChI is InChI=1S/C14H17N3O2S/c1-10-6-7-14(16-9-10)17-20(18,19)13-5-3-4-12(8-13)11(2)15/h3-9,11H,15H2,1-2H3,(H,16,17). The lowest BCUT2D eigenvalue weighted by Gasteiger charge is -2.10. The molecular weight excluding hydrogens is 274 g/mol. The van der Waals surface area contributed by atoms with E-state index in [9.17, 15) is 8.42 Å². The van der Waals surface area contributed by atoms with Crippen molar-refractivity contribution in [1.82, 2.24) is 4.98 Å². The van der Waals surface area contributed by atoms with Gasteiger partial charge in [-0.2, -0.15) is 0 Å². The molecule has 0 fully saturated rings. The highest BCUT2D eigenvalue weighted by Crippen LogP contribution is 2.18. The Balaban J connectivity index is 2.30. The number of hydrogen-bond acceptors (Lipinski definition) is 4. The molecule has 3 N–H and O–H groups in total. The van der Waals surface area contributed by atoms with Gasteiger partial charge in [-0.25, -0.2) is 13.4 Å². The van der Waals surface area contributed by atoms with E-state index in [1.165, 1.54) is 6.07 Å². The molecule has 1 unspecified atom stereocenters. The van der Waals surface area contributed by atoms with Crippen LogP contribution < -0.4 is 10.5 Å². The van der Waals surface area contributed by atoms with Crippen LogP contribution in [0.25, 0.3) is 0 Å². The third-order valence-electron chi connectivity index (χ3n) is 2.84. The Kier molecular flexibility index (Phi) is 4.06. The van der Waals surface area contributed by atoms with Gasteiger partial charge in [0.25, 0.3) is 10.0 Å². The Morgan fingerprint density at radius 1 is 1.25 bits per heavy atom. The average Bonchev–Trinajstić information content (AvgIpc) is 2.41. The maximum Gasteiger partial charge on any atom is 0.263 e. The number of rotatable bonds is 4. The fourth-order valence-electron chi connectivity index (χ4n) is 1.69. The SMILES string of the molecule is Cc1ccc(NS(=O)(=O)c2cccc(C(C)N)c2)nc1. The largest absolute Gasteiger partial charge is 0.324 e. The second-order valence-electron chi connectivity index (χ2n) is 4.69. The Bertz CT molecular complexity index is 695. The maximum absolute atomic E-state index is 12.3. The molecule has 1 heterocycles. The van der Waals surface area contributed by atoms with E-state index in [0.717, 1.165) is 11.1 Å². The number of anilines is 1. The van der Waals surface area contributed by atoms with Gasteiger partial charge in [0.15, 0.2) is 0 Å². The van der Waals surface area contributed by atoms with Crippen molar-refractivity contribution in [2.75, 3.05) is 4.72 Å². The minimum absolute atomic E-state index is 0.176. The fourth-order valence-corrected chi connectivity index (χ4v) is 2.75. The molecule has 1 aromatic heterocycles. The van der Waals surface area contributed by atoms with Crippen LogP contribution in [-0.2, 0) is 10.0 Å². The van der Waals surface area contributed by atoms with Crippen LogP contribution in [0.3, 0.4) is 0 Å². The summed E-state index contributed by atoms with van der Waals surface area (Å²) in [5.41, 5.74) is 7.50. The third kappa shape index (κ3) is 3.34. The van der Waals surface area contributed by atoms with E-state index in [-0.39, 0.29) is 10.9 Å². The molecule has 0 spiro atoms. The van der Waals surface area contributed by atoms with Crippen LogP contribution in [0.15, 0.2) is 47.5 Å². The molecule has 0 amide bonds. The molecule has 2 rings (SSSR count). The Morgan fingerprint density at radius 3 is 2.60 bits per heavy atom. The highest BCUT2D eigenvalue weighted by Gasteiger charge is 2.15. The second kappa shape index (κ2) is 5.60. The smallest absolute Gasteiger partial charge is 0.263 e. The van der Waals surface area contributed by atoms with Crippen molar-refractivity contribution in [3.63, 3.8) is 0 Å². The van der Waals surface area contributed by atoms with E-state index >= 15 is 0 Å². The third-order valence-corrected chi connectivity index (χ3v) is 4.20. The zero-order chi connectivity index (χ0) is 14.8. The van der Waals surface area contributed by atoms with Crippen molar-refractivity contribution < 1.29 is 8.42 Å². The minimum Gasteiger partial charge on any atom is -0.324 e. The van der Waals surface area contributed by atoms with Gasteiger partial charge in [0.1, 0.15) is 5.82 Å².